The number of rotatable bonds is 5. The third kappa shape index (κ3) is 4.47. The standard InChI is InChI=1S/C7H14O3/c1-2-6(9)3-4-7(10)5-8/h7-8,10H,2-5H2,1H3. The maximum absolute atomic E-state index is 10.6. The van der Waals surface area contributed by atoms with Crippen molar-refractivity contribution in [3.8, 4) is 0 Å². The summed E-state index contributed by atoms with van der Waals surface area (Å²) >= 11 is 0. The van der Waals surface area contributed by atoms with Gasteiger partial charge in [-0.05, 0) is 6.42 Å². The Bertz CT molecular complexity index is 101. The van der Waals surface area contributed by atoms with E-state index in [4.69, 9.17) is 10.2 Å². The SMILES string of the molecule is CCC(=O)CCC(O)CO. The zero-order valence-electron chi connectivity index (χ0n) is 6.21. The van der Waals surface area contributed by atoms with Crippen LogP contribution in [0.1, 0.15) is 26.2 Å². The highest BCUT2D eigenvalue weighted by Crippen LogP contribution is 1.98. The normalized spacial score (nSPS) is 13.1. The third-order valence-electron chi connectivity index (χ3n) is 1.36. The molecule has 0 heterocycles. The van der Waals surface area contributed by atoms with Crippen LogP contribution >= 0.6 is 0 Å². The number of carbonyl (C=O) groups excluding carboxylic acids is 1. The minimum Gasteiger partial charge on any atom is -0.394 e. The second kappa shape index (κ2) is 5.38. The van der Waals surface area contributed by atoms with E-state index in [0.29, 0.717) is 19.3 Å². The molecule has 10 heavy (non-hydrogen) atoms. The number of Topliss-reactive ketones (excluding diaryl/α,β-unsaturated/α-hetero) is 1. The number of hydrogen-bond acceptors (Lipinski definition) is 3. The average Bonchev–Trinajstić information content (AvgIpc) is 1.99. The molecule has 0 spiro atoms. The molecule has 0 saturated carbocycles. The minimum atomic E-state index is -0.726. The fraction of sp³-hybridized carbons (Fsp3) is 0.857. The van der Waals surface area contributed by atoms with Crippen LogP contribution in [-0.4, -0.2) is 28.7 Å². The first-order chi connectivity index (χ1) is 4.70. The highest BCUT2D eigenvalue weighted by atomic mass is 16.3. The molecule has 0 aliphatic carbocycles. The van der Waals surface area contributed by atoms with Crippen molar-refractivity contribution in [3.63, 3.8) is 0 Å². The molecule has 0 aromatic heterocycles. The van der Waals surface area contributed by atoms with Crippen molar-refractivity contribution in [2.75, 3.05) is 6.61 Å². The van der Waals surface area contributed by atoms with Gasteiger partial charge < -0.3 is 10.2 Å². The largest absolute Gasteiger partial charge is 0.394 e. The van der Waals surface area contributed by atoms with E-state index in [2.05, 4.69) is 0 Å². The van der Waals surface area contributed by atoms with Gasteiger partial charge in [0.1, 0.15) is 5.78 Å². The van der Waals surface area contributed by atoms with E-state index in [1.165, 1.54) is 0 Å². The molecule has 0 rings (SSSR count). The lowest BCUT2D eigenvalue weighted by Crippen LogP contribution is -2.13. The van der Waals surface area contributed by atoms with Gasteiger partial charge in [0.15, 0.2) is 0 Å². The average molecular weight is 146 g/mol. The summed E-state index contributed by atoms with van der Waals surface area (Å²) in [6.45, 7) is 1.53. The Hall–Kier alpha value is -0.410. The summed E-state index contributed by atoms with van der Waals surface area (Å²) in [5.74, 6) is 0.132. The van der Waals surface area contributed by atoms with Gasteiger partial charge in [-0.2, -0.15) is 0 Å². The molecular weight excluding hydrogens is 132 g/mol. The number of aliphatic hydroxyl groups is 2. The molecule has 0 aromatic carbocycles. The van der Waals surface area contributed by atoms with Gasteiger partial charge in [0, 0.05) is 12.8 Å². The number of carbonyl (C=O) groups is 1. The van der Waals surface area contributed by atoms with Crippen molar-refractivity contribution in [2.24, 2.45) is 0 Å². The van der Waals surface area contributed by atoms with Crippen LogP contribution in [0.15, 0.2) is 0 Å². The molecule has 0 radical (unpaired) electrons. The van der Waals surface area contributed by atoms with Crippen LogP contribution in [0, 0.1) is 0 Å². The van der Waals surface area contributed by atoms with Gasteiger partial charge in [-0.3, -0.25) is 4.79 Å². The van der Waals surface area contributed by atoms with E-state index >= 15 is 0 Å². The van der Waals surface area contributed by atoms with E-state index in [0.717, 1.165) is 0 Å². The maximum atomic E-state index is 10.6. The summed E-state index contributed by atoms with van der Waals surface area (Å²) in [7, 11) is 0. The summed E-state index contributed by atoms with van der Waals surface area (Å²) in [6.07, 6.45) is 0.537. The van der Waals surface area contributed by atoms with Crippen LogP contribution in [0.3, 0.4) is 0 Å². The van der Waals surface area contributed by atoms with Crippen molar-refractivity contribution < 1.29 is 15.0 Å². The van der Waals surface area contributed by atoms with Crippen LogP contribution in [0.2, 0.25) is 0 Å². The molecule has 3 nitrogen and oxygen atoms in total. The lowest BCUT2D eigenvalue weighted by molar-refractivity contribution is -0.119. The first-order valence-electron chi connectivity index (χ1n) is 3.51. The van der Waals surface area contributed by atoms with E-state index in [1.54, 1.807) is 6.92 Å². The van der Waals surface area contributed by atoms with E-state index < -0.39 is 6.10 Å². The summed E-state index contributed by atoms with van der Waals surface area (Å²) in [4.78, 5) is 10.6. The van der Waals surface area contributed by atoms with Gasteiger partial charge in [-0.1, -0.05) is 6.92 Å². The smallest absolute Gasteiger partial charge is 0.132 e. The molecule has 0 aliphatic heterocycles. The van der Waals surface area contributed by atoms with Crippen LogP contribution in [0.4, 0.5) is 0 Å². The van der Waals surface area contributed by atoms with Crippen molar-refractivity contribution >= 4 is 5.78 Å². The molecule has 1 unspecified atom stereocenters. The van der Waals surface area contributed by atoms with Crippen molar-refractivity contribution in [3.05, 3.63) is 0 Å². The summed E-state index contributed by atoms with van der Waals surface area (Å²) < 4.78 is 0. The lowest BCUT2D eigenvalue weighted by Gasteiger charge is -2.03. The molecule has 2 N–H and O–H groups in total. The van der Waals surface area contributed by atoms with E-state index in [9.17, 15) is 4.79 Å². The Morgan fingerprint density at radius 1 is 1.60 bits per heavy atom. The van der Waals surface area contributed by atoms with Crippen molar-refractivity contribution in [2.45, 2.75) is 32.3 Å². The lowest BCUT2D eigenvalue weighted by atomic mass is 10.1. The van der Waals surface area contributed by atoms with Gasteiger partial charge >= 0.3 is 0 Å². The zero-order valence-corrected chi connectivity index (χ0v) is 6.21. The molecule has 1 atom stereocenters. The second-order valence-corrected chi connectivity index (χ2v) is 2.27. The van der Waals surface area contributed by atoms with E-state index in [1.807, 2.05) is 0 Å². The predicted molar refractivity (Wildman–Crippen MR) is 37.6 cm³/mol. The Morgan fingerprint density at radius 3 is 2.60 bits per heavy atom. The van der Waals surface area contributed by atoms with Crippen molar-refractivity contribution in [1.29, 1.82) is 0 Å². The molecular formula is C7H14O3. The Balaban J connectivity index is 3.26. The Labute approximate surface area is 60.7 Å². The fourth-order valence-corrected chi connectivity index (χ4v) is 0.596. The molecule has 60 valence electrons. The van der Waals surface area contributed by atoms with E-state index in [-0.39, 0.29) is 12.4 Å². The second-order valence-electron chi connectivity index (χ2n) is 2.27. The summed E-state index contributed by atoms with van der Waals surface area (Å²) in [5.41, 5.74) is 0. The molecule has 0 saturated heterocycles. The van der Waals surface area contributed by atoms with Crippen LogP contribution in [0.25, 0.3) is 0 Å². The van der Waals surface area contributed by atoms with Gasteiger partial charge in [0.25, 0.3) is 0 Å². The highest BCUT2D eigenvalue weighted by Gasteiger charge is 2.04. The van der Waals surface area contributed by atoms with Gasteiger partial charge in [0.2, 0.25) is 0 Å². The first kappa shape index (κ1) is 9.59. The number of aliphatic hydroxyl groups excluding tert-OH is 2. The van der Waals surface area contributed by atoms with Gasteiger partial charge in [-0.25, -0.2) is 0 Å². The summed E-state index contributed by atoms with van der Waals surface area (Å²) in [6, 6.07) is 0. The minimum absolute atomic E-state index is 0.132. The summed E-state index contributed by atoms with van der Waals surface area (Å²) in [5, 5.41) is 17.2. The Kier molecular flexibility index (Phi) is 5.16. The Morgan fingerprint density at radius 2 is 2.20 bits per heavy atom. The topological polar surface area (TPSA) is 57.5 Å². The number of ketones is 1. The van der Waals surface area contributed by atoms with Crippen LogP contribution in [-0.2, 0) is 4.79 Å². The molecule has 0 aromatic rings. The molecule has 3 heteroatoms. The zero-order chi connectivity index (χ0) is 7.98. The third-order valence-corrected chi connectivity index (χ3v) is 1.36. The highest BCUT2D eigenvalue weighted by molar-refractivity contribution is 5.77. The maximum Gasteiger partial charge on any atom is 0.132 e. The quantitative estimate of drug-likeness (QED) is 0.578. The monoisotopic (exact) mass is 146 g/mol. The van der Waals surface area contributed by atoms with Crippen molar-refractivity contribution in [1.82, 2.24) is 0 Å². The molecule has 0 aliphatic rings. The van der Waals surface area contributed by atoms with Crippen LogP contribution in [0.5, 0.6) is 0 Å². The predicted octanol–water partition coefficient (Wildman–Crippen LogP) is 0.0989. The molecule has 0 fully saturated rings. The fourth-order valence-electron chi connectivity index (χ4n) is 0.596. The van der Waals surface area contributed by atoms with Crippen LogP contribution < -0.4 is 0 Å². The number of hydrogen-bond donors (Lipinski definition) is 2. The van der Waals surface area contributed by atoms with Gasteiger partial charge in [0.05, 0.1) is 12.7 Å². The molecule has 0 amide bonds. The molecule has 0 bridgehead atoms. The first-order valence-corrected chi connectivity index (χ1v) is 3.51. The van der Waals surface area contributed by atoms with Gasteiger partial charge in [-0.15, -0.1) is 0 Å².